The molecule has 132 valence electrons. The molecule has 0 aliphatic carbocycles. The fourth-order valence-corrected chi connectivity index (χ4v) is 3.37. The van der Waals surface area contributed by atoms with Crippen LogP contribution in [0.15, 0.2) is 30.3 Å². The standard InChI is InChI=1S/C20H27N5/c1-3-24-8-10-25(11-9-24)15-16(2)14-22-20-7-5-18-12-17(13-21)4-6-19(18)23-20/h4-7,12,16H,3,8-11,14-15H2,1-2H3,(H,22,23)/t16-/m0/s1. The van der Waals surface area contributed by atoms with Crippen molar-refractivity contribution in [3.63, 3.8) is 0 Å². The second-order valence-electron chi connectivity index (χ2n) is 6.94. The van der Waals surface area contributed by atoms with E-state index in [1.807, 2.05) is 30.3 Å². The first-order chi connectivity index (χ1) is 12.2. The highest BCUT2D eigenvalue weighted by Crippen LogP contribution is 2.17. The largest absolute Gasteiger partial charge is 0.370 e. The molecule has 3 rings (SSSR count). The first-order valence-electron chi connectivity index (χ1n) is 9.17. The average Bonchev–Trinajstić information content (AvgIpc) is 2.66. The Balaban J connectivity index is 1.51. The van der Waals surface area contributed by atoms with Crippen molar-refractivity contribution in [3.8, 4) is 6.07 Å². The Labute approximate surface area is 150 Å². The lowest BCUT2D eigenvalue weighted by molar-refractivity contribution is 0.126. The fraction of sp³-hybridized carbons (Fsp3) is 0.500. The van der Waals surface area contributed by atoms with Gasteiger partial charge in [-0.1, -0.05) is 13.8 Å². The molecule has 0 bridgehead atoms. The minimum atomic E-state index is 0.576. The highest BCUT2D eigenvalue weighted by atomic mass is 15.3. The van der Waals surface area contributed by atoms with Crippen molar-refractivity contribution in [1.82, 2.24) is 14.8 Å². The third-order valence-corrected chi connectivity index (χ3v) is 4.93. The number of nitrogens with one attached hydrogen (secondary N) is 1. The van der Waals surface area contributed by atoms with E-state index in [-0.39, 0.29) is 0 Å². The van der Waals surface area contributed by atoms with Crippen LogP contribution in [0, 0.1) is 17.2 Å². The molecule has 2 heterocycles. The first-order valence-corrected chi connectivity index (χ1v) is 9.17. The molecule has 5 heteroatoms. The Morgan fingerprint density at radius 2 is 1.92 bits per heavy atom. The number of nitriles is 1. The van der Waals surface area contributed by atoms with Crippen molar-refractivity contribution < 1.29 is 0 Å². The van der Waals surface area contributed by atoms with Crippen molar-refractivity contribution in [3.05, 3.63) is 35.9 Å². The van der Waals surface area contributed by atoms with Crippen LogP contribution in [0.5, 0.6) is 0 Å². The molecule has 1 fully saturated rings. The maximum atomic E-state index is 8.97. The summed E-state index contributed by atoms with van der Waals surface area (Å²) in [6.07, 6.45) is 0. The second kappa shape index (κ2) is 8.28. The van der Waals surface area contributed by atoms with Crippen molar-refractivity contribution in [2.75, 3.05) is 51.1 Å². The Hall–Kier alpha value is -2.16. The van der Waals surface area contributed by atoms with Gasteiger partial charge in [-0.15, -0.1) is 0 Å². The van der Waals surface area contributed by atoms with E-state index in [1.54, 1.807) is 0 Å². The lowest BCUT2D eigenvalue weighted by Crippen LogP contribution is -2.47. The number of rotatable bonds is 6. The maximum absolute atomic E-state index is 8.97. The number of hydrogen-bond acceptors (Lipinski definition) is 5. The normalized spacial score (nSPS) is 17.3. The average molecular weight is 337 g/mol. The van der Waals surface area contributed by atoms with Gasteiger partial charge in [0, 0.05) is 44.7 Å². The van der Waals surface area contributed by atoms with Crippen LogP contribution in [0.25, 0.3) is 10.9 Å². The van der Waals surface area contributed by atoms with E-state index >= 15 is 0 Å². The van der Waals surface area contributed by atoms with Gasteiger partial charge in [0.1, 0.15) is 5.82 Å². The van der Waals surface area contributed by atoms with Gasteiger partial charge in [-0.2, -0.15) is 5.26 Å². The number of likely N-dealkylation sites (N-methyl/N-ethyl adjacent to an activating group) is 1. The third kappa shape index (κ3) is 4.68. The third-order valence-electron chi connectivity index (χ3n) is 4.93. The number of pyridine rings is 1. The van der Waals surface area contributed by atoms with Crippen molar-refractivity contribution in [2.24, 2.45) is 5.92 Å². The zero-order chi connectivity index (χ0) is 17.6. The zero-order valence-corrected chi connectivity index (χ0v) is 15.2. The SMILES string of the molecule is CCN1CCN(C[C@@H](C)CNc2ccc3cc(C#N)ccc3n2)CC1. The lowest BCUT2D eigenvalue weighted by Gasteiger charge is -2.35. The molecular weight excluding hydrogens is 310 g/mol. The number of aromatic nitrogens is 1. The predicted octanol–water partition coefficient (Wildman–Crippen LogP) is 2.79. The van der Waals surface area contributed by atoms with Gasteiger partial charge >= 0.3 is 0 Å². The minimum absolute atomic E-state index is 0.576. The predicted molar refractivity (Wildman–Crippen MR) is 103 cm³/mol. The molecule has 0 radical (unpaired) electrons. The number of nitrogens with zero attached hydrogens (tertiary/aromatic N) is 4. The molecule has 1 aliphatic rings. The van der Waals surface area contributed by atoms with Crippen LogP contribution in [0.3, 0.4) is 0 Å². The molecule has 1 atom stereocenters. The summed E-state index contributed by atoms with van der Waals surface area (Å²) in [5.74, 6) is 1.48. The van der Waals surface area contributed by atoms with Crippen LogP contribution in [0.4, 0.5) is 5.82 Å². The highest BCUT2D eigenvalue weighted by molar-refractivity contribution is 5.81. The van der Waals surface area contributed by atoms with Crippen molar-refractivity contribution >= 4 is 16.7 Å². The summed E-state index contributed by atoms with van der Waals surface area (Å²) < 4.78 is 0. The van der Waals surface area contributed by atoms with E-state index in [4.69, 9.17) is 5.26 Å². The van der Waals surface area contributed by atoms with E-state index in [2.05, 4.69) is 40.0 Å². The molecule has 1 N–H and O–H groups in total. The Morgan fingerprint density at radius 1 is 1.16 bits per heavy atom. The Kier molecular flexibility index (Phi) is 5.85. The molecule has 0 saturated carbocycles. The molecule has 2 aromatic rings. The van der Waals surface area contributed by atoms with Gasteiger partial charge in [-0.3, -0.25) is 0 Å². The molecule has 0 unspecified atom stereocenters. The van der Waals surface area contributed by atoms with Gasteiger partial charge in [0.25, 0.3) is 0 Å². The van der Waals surface area contributed by atoms with Crippen LogP contribution >= 0.6 is 0 Å². The fourth-order valence-electron chi connectivity index (χ4n) is 3.37. The van der Waals surface area contributed by atoms with E-state index in [0.29, 0.717) is 11.5 Å². The summed E-state index contributed by atoms with van der Waals surface area (Å²) in [6, 6.07) is 11.8. The van der Waals surface area contributed by atoms with E-state index in [1.165, 1.54) is 26.2 Å². The smallest absolute Gasteiger partial charge is 0.126 e. The Morgan fingerprint density at radius 3 is 2.64 bits per heavy atom. The van der Waals surface area contributed by atoms with Crippen LogP contribution in [0.1, 0.15) is 19.4 Å². The summed E-state index contributed by atoms with van der Waals surface area (Å²) in [4.78, 5) is 9.72. The monoisotopic (exact) mass is 337 g/mol. The number of hydrogen-bond donors (Lipinski definition) is 1. The van der Waals surface area contributed by atoms with Gasteiger partial charge < -0.3 is 15.1 Å². The molecule has 1 aromatic carbocycles. The van der Waals surface area contributed by atoms with Crippen LogP contribution in [-0.2, 0) is 0 Å². The second-order valence-corrected chi connectivity index (χ2v) is 6.94. The van der Waals surface area contributed by atoms with Gasteiger partial charge in [0.2, 0.25) is 0 Å². The molecule has 1 aliphatic heterocycles. The molecule has 1 saturated heterocycles. The lowest BCUT2D eigenvalue weighted by atomic mass is 10.1. The molecule has 25 heavy (non-hydrogen) atoms. The number of fused-ring (bicyclic) bond motifs is 1. The summed E-state index contributed by atoms with van der Waals surface area (Å²) in [7, 11) is 0. The molecule has 0 amide bonds. The van der Waals surface area contributed by atoms with E-state index in [9.17, 15) is 0 Å². The molecule has 0 spiro atoms. The van der Waals surface area contributed by atoms with E-state index < -0.39 is 0 Å². The molecular formula is C20H27N5. The highest BCUT2D eigenvalue weighted by Gasteiger charge is 2.17. The Bertz CT molecular complexity index is 743. The summed E-state index contributed by atoms with van der Waals surface area (Å²) in [6.45, 7) is 12.5. The summed E-state index contributed by atoms with van der Waals surface area (Å²) in [5.41, 5.74) is 1.60. The number of anilines is 1. The van der Waals surface area contributed by atoms with Gasteiger partial charge in [-0.05, 0) is 42.8 Å². The zero-order valence-electron chi connectivity index (χ0n) is 15.2. The van der Waals surface area contributed by atoms with Crippen molar-refractivity contribution in [2.45, 2.75) is 13.8 Å². The maximum Gasteiger partial charge on any atom is 0.126 e. The van der Waals surface area contributed by atoms with Gasteiger partial charge in [-0.25, -0.2) is 4.98 Å². The van der Waals surface area contributed by atoms with Crippen LogP contribution in [0.2, 0.25) is 0 Å². The summed E-state index contributed by atoms with van der Waals surface area (Å²) in [5, 5.41) is 13.4. The van der Waals surface area contributed by atoms with Gasteiger partial charge in [0.05, 0.1) is 17.1 Å². The van der Waals surface area contributed by atoms with Crippen LogP contribution < -0.4 is 5.32 Å². The minimum Gasteiger partial charge on any atom is -0.370 e. The molecule has 1 aromatic heterocycles. The van der Waals surface area contributed by atoms with Gasteiger partial charge in [0.15, 0.2) is 0 Å². The van der Waals surface area contributed by atoms with Crippen molar-refractivity contribution in [1.29, 1.82) is 5.26 Å². The topological polar surface area (TPSA) is 55.2 Å². The first kappa shape index (κ1) is 17.7. The molecule has 5 nitrogen and oxygen atoms in total. The quantitative estimate of drug-likeness (QED) is 0.878. The van der Waals surface area contributed by atoms with Crippen LogP contribution in [-0.4, -0.2) is 60.6 Å². The summed E-state index contributed by atoms with van der Waals surface area (Å²) >= 11 is 0. The number of benzene rings is 1. The van der Waals surface area contributed by atoms with E-state index in [0.717, 1.165) is 36.4 Å². The number of piperazine rings is 1.